The molecule has 40 heavy (non-hydrogen) atoms. The molecule has 0 amide bonds. The molecule has 0 bridgehead atoms. The molecule has 0 aliphatic carbocycles. The molecule has 0 nitrogen and oxygen atoms in total. The zero-order chi connectivity index (χ0) is 26.2. The van der Waals surface area contributed by atoms with Crippen LogP contribution in [0.3, 0.4) is 0 Å². The van der Waals surface area contributed by atoms with E-state index >= 15 is 0 Å². The van der Waals surface area contributed by atoms with E-state index in [1.807, 2.05) is 22.7 Å². The predicted octanol–water partition coefficient (Wildman–Crippen LogP) is 12.1. The molecule has 2 heteroatoms. The normalized spacial score (nSPS) is 12.0. The van der Waals surface area contributed by atoms with E-state index in [0.717, 1.165) is 0 Å². The Morgan fingerprint density at radius 3 is 1.68 bits per heavy atom. The van der Waals surface area contributed by atoms with Crippen LogP contribution in [-0.4, -0.2) is 0 Å². The van der Waals surface area contributed by atoms with Gasteiger partial charge in [0, 0.05) is 35.8 Å². The summed E-state index contributed by atoms with van der Waals surface area (Å²) in [5.41, 5.74) is 5.25. The minimum absolute atomic E-state index is 1.27. The number of hydrogen-bond acceptors (Lipinski definition) is 2. The topological polar surface area (TPSA) is 0 Å². The summed E-state index contributed by atoms with van der Waals surface area (Å²) in [7, 11) is 0. The van der Waals surface area contributed by atoms with Crippen molar-refractivity contribution < 1.29 is 0 Å². The summed E-state index contributed by atoms with van der Waals surface area (Å²) in [6.07, 6.45) is 0. The van der Waals surface area contributed by atoms with Crippen molar-refractivity contribution in [2.45, 2.75) is 0 Å². The van der Waals surface area contributed by atoms with E-state index in [1.165, 1.54) is 84.8 Å². The van der Waals surface area contributed by atoms with Crippen molar-refractivity contribution >= 4 is 85.2 Å². The molecule has 0 aliphatic rings. The summed E-state index contributed by atoms with van der Waals surface area (Å²) in [5, 5.41) is 14.1. The van der Waals surface area contributed by atoms with Gasteiger partial charge in [-0.1, -0.05) is 109 Å². The van der Waals surface area contributed by atoms with E-state index in [4.69, 9.17) is 0 Å². The van der Waals surface area contributed by atoms with Gasteiger partial charge in [-0.05, 0) is 72.6 Å². The van der Waals surface area contributed by atoms with Gasteiger partial charge in [0.2, 0.25) is 0 Å². The lowest BCUT2D eigenvalue weighted by atomic mass is 9.84. The van der Waals surface area contributed by atoms with Crippen LogP contribution in [0.2, 0.25) is 0 Å². The zero-order valence-electron chi connectivity index (χ0n) is 21.5. The highest BCUT2D eigenvalue weighted by molar-refractivity contribution is 7.26. The van der Waals surface area contributed by atoms with Gasteiger partial charge in [-0.15, -0.1) is 22.7 Å². The first-order valence-corrected chi connectivity index (χ1v) is 15.3. The second kappa shape index (κ2) is 8.50. The molecule has 0 N–H and O–H groups in total. The first kappa shape index (κ1) is 22.3. The van der Waals surface area contributed by atoms with Crippen LogP contribution in [-0.2, 0) is 0 Å². The van der Waals surface area contributed by atoms with Crippen molar-refractivity contribution in [3.8, 4) is 22.3 Å². The third kappa shape index (κ3) is 3.06. The minimum Gasteiger partial charge on any atom is -0.144 e. The average molecular weight is 543 g/mol. The number of thiophene rings is 2. The van der Waals surface area contributed by atoms with E-state index < -0.39 is 0 Å². The summed E-state index contributed by atoms with van der Waals surface area (Å²) < 4.78 is 4.08. The molecule has 0 spiro atoms. The summed E-state index contributed by atoms with van der Waals surface area (Å²) in [4.78, 5) is 0. The summed E-state index contributed by atoms with van der Waals surface area (Å²) in [6.45, 7) is 0. The third-order valence-electron chi connectivity index (χ3n) is 8.35. The summed E-state index contributed by atoms with van der Waals surface area (Å²) >= 11 is 3.75. The number of fused-ring (bicyclic) bond motifs is 8. The van der Waals surface area contributed by atoms with Gasteiger partial charge in [-0.2, -0.15) is 0 Å². The maximum Gasteiger partial charge on any atom is 0.0434 e. The average Bonchev–Trinajstić information content (AvgIpc) is 3.64. The van der Waals surface area contributed by atoms with Gasteiger partial charge in [0.25, 0.3) is 0 Å². The molecule has 0 saturated carbocycles. The highest BCUT2D eigenvalue weighted by Crippen LogP contribution is 2.49. The molecule has 0 aliphatic heterocycles. The van der Waals surface area contributed by atoms with Gasteiger partial charge in [-0.3, -0.25) is 0 Å². The highest BCUT2D eigenvalue weighted by atomic mass is 32.1. The minimum atomic E-state index is 1.27. The highest BCUT2D eigenvalue weighted by Gasteiger charge is 2.20. The van der Waals surface area contributed by atoms with Crippen LogP contribution >= 0.6 is 22.7 Å². The van der Waals surface area contributed by atoms with E-state index in [0.29, 0.717) is 0 Å². The van der Waals surface area contributed by atoms with Crippen molar-refractivity contribution in [3.63, 3.8) is 0 Å². The third-order valence-corrected chi connectivity index (χ3v) is 10.4. The Kier molecular flexibility index (Phi) is 4.74. The maximum atomic E-state index is 2.33. The molecule has 0 fully saturated rings. The molecule has 0 atom stereocenters. The second-order valence-corrected chi connectivity index (χ2v) is 12.4. The van der Waals surface area contributed by atoms with E-state index in [2.05, 4.69) is 133 Å². The molecule has 2 aromatic heterocycles. The van der Waals surface area contributed by atoms with Gasteiger partial charge >= 0.3 is 0 Å². The van der Waals surface area contributed by atoms with Gasteiger partial charge in [0.05, 0.1) is 0 Å². The van der Waals surface area contributed by atoms with Crippen molar-refractivity contribution in [1.82, 2.24) is 0 Å². The summed E-state index contributed by atoms with van der Waals surface area (Å²) in [5.74, 6) is 0. The Hall–Kier alpha value is -4.50. The Morgan fingerprint density at radius 1 is 0.375 bits per heavy atom. The van der Waals surface area contributed by atoms with Gasteiger partial charge in [0.1, 0.15) is 0 Å². The monoisotopic (exact) mass is 542 g/mol. The lowest BCUT2D eigenvalue weighted by Gasteiger charge is -2.19. The van der Waals surface area contributed by atoms with Crippen LogP contribution in [0.15, 0.2) is 133 Å². The van der Waals surface area contributed by atoms with Crippen molar-refractivity contribution in [3.05, 3.63) is 133 Å². The first-order chi connectivity index (χ1) is 19.9. The molecular formula is C38H22S2. The quantitative estimate of drug-likeness (QED) is 0.191. The second-order valence-electron chi connectivity index (χ2n) is 10.4. The Balaban J connectivity index is 1.46. The molecule has 0 radical (unpaired) electrons. The standard InChI is InChI=1S/C38H22S2/c1-2-11-24-23(9-1)10-7-16-25(24)35-26-12-3-5-14-28(26)36(29-15-6-4-13-27(29)35)31-17-8-18-32-37-30-21-22-39-33(30)19-20-34(37)40-38(31)32/h1-22H. The van der Waals surface area contributed by atoms with Crippen LogP contribution in [0, 0.1) is 0 Å². The maximum absolute atomic E-state index is 2.33. The Morgan fingerprint density at radius 2 is 0.925 bits per heavy atom. The van der Waals surface area contributed by atoms with E-state index in [9.17, 15) is 0 Å². The first-order valence-electron chi connectivity index (χ1n) is 13.6. The van der Waals surface area contributed by atoms with Crippen LogP contribution in [0.1, 0.15) is 0 Å². The molecule has 9 rings (SSSR count). The van der Waals surface area contributed by atoms with Crippen LogP contribution in [0.5, 0.6) is 0 Å². The smallest absolute Gasteiger partial charge is 0.0434 e. The van der Waals surface area contributed by atoms with Gasteiger partial charge < -0.3 is 0 Å². The number of benzene rings is 7. The fraction of sp³-hybridized carbons (Fsp3) is 0. The lowest BCUT2D eigenvalue weighted by molar-refractivity contribution is 1.69. The van der Waals surface area contributed by atoms with Gasteiger partial charge in [-0.25, -0.2) is 0 Å². The van der Waals surface area contributed by atoms with Crippen LogP contribution < -0.4 is 0 Å². The fourth-order valence-electron chi connectivity index (χ4n) is 6.69. The number of hydrogen-bond donors (Lipinski definition) is 0. The van der Waals surface area contributed by atoms with Gasteiger partial charge in [0.15, 0.2) is 0 Å². The zero-order valence-corrected chi connectivity index (χ0v) is 23.2. The molecule has 9 aromatic rings. The molecule has 186 valence electrons. The van der Waals surface area contributed by atoms with Crippen molar-refractivity contribution in [2.75, 3.05) is 0 Å². The van der Waals surface area contributed by atoms with Crippen LogP contribution in [0.25, 0.3) is 84.8 Å². The van der Waals surface area contributed by atoms with E-state index in [-0.39, 0.29) is 0 Å². The predicted molar refractivity (Wildman–Crippen MR) is 178 cm³/mol. The molecule has 2 heterocycles. The van der Waals surface area contributed by atoms with Crippen molar-refractivity contribution in [1.29, 1.82) is 0 Å². The molecule has 7 aromatic carbocycles. The lowest BCUT2D eigenvalue weighted by Crippen LogP contribution is -1.91. The number of rotatable bonds is 2. The van der Waals surface area contributed by atoms with Crippen molar-refractivity contribution in [2.24, 2.45) is 0 Å². The molecule has 0 unspecified atom stereocenters. The largest absolute Gasteiger partial charge is 0.144 e. The summed E-state index contributed by atoms with van der Waals surface area (Å²) in [6, 6.07) is 47.2. The SMILES string of the molecule is c1ccc2c(-c3c4ccccc4c(-c4cccc5c4sc4ccc6sccc6c45)c4ccccc34)cccc2c1. The molecular weight excluding hydrogens is 521 g/mol. The molecule has 0 saturated heterocycles. The fourth-order valence-corrected chi connectivity index (χ4v) is 8.72. The Labute approximate surface area is 239 Å². The van der Waals surface area contributed by atoms with E-state index in [1.54, 1.807) is 0 Å². The van der Waals surface area contributed by atoms with Crippen LogP contribution in [0.4, 0.5) is 0 Å². The Bertz CT molecular complexity index is 2370.